The maximum absolute atomic E-state index is 5.41. The largest absolute Gasteiger partial charge is 0.378 e. The van der Waals surface area contributed by atoms with E-state index in [-0.39, 0.29) is 0 Å². The summed E-state index contributed by atoms with van der Waals surface area (Å²) in [7, 11) is 0. The molecule has 8 heteroatoms. The lowest BCUT2D eigenvalue weighted by atomic mass is 10.2. The summed E-state index contributed by atoms with van der Waals surface area (Å²) < 4.78 is 10.1. The fourth-order valence-corrected chi connectivity index (χ4v) is 2.53. The number of anilines is 2. The number of fused-ring (bicyclic) bond motifs is 1. The van der Waals surface area contributed by atoms with E-state index < -0.39 is 0 Å². The molecule has 2 aromatic heterocycles. The molecule has 1 aromatic carbocycles. The summed E-state index contributed by atoms with van der Waals surface area (Å²) >= 11 is 0. The number of hydrogen-bond donors (Lipinski definition) is 1. The van der Waals surface area contributed by atoms with E-state index in [1.807, 2.05) is 18.2 Å². The Kier molecular flexibility index (Phi) is 3.73. The van der Waals surface area contributed by atoms with Crippen molar-refractivity contribution in [2.24, 2.45) is 0 Å². The number of morpholine rings is 1. The highest BCUT2D eigenvalue weighted by atomic mass is 16.6. The lowest BCUT2D eigenvalue weighted by molar-refractivity contribution is 0.122. The predicted molar refractivity (Wildman–Crippen MR) is 84.2 cm³/mol. The highest BCUT2D eigenvalue weighted by molar-refractivity contribution is 5.74. The fraction of sp³-hybridized carbons (Fsp3) is 0.333. The van der Waals surface area contributed by atoms with E-state index in [2.05, 4.69) is 42.6 Å². The summed E-state index contributed by atoms with van der Waals surface area (Å²) in [6.45, 7) is 3.55. The molecule has 0 amide bonds. The molecule has 0 aliphatic carbocycles. The third-order valence-corrected chi connectivity index (χ3v) is 3.71. The number of hydrogen-bond acceptors (Lipinski definition) is 8. The third-order valence-electron chi connectivity index (χ3n) is 3.71. The first-order valence-corrected chi connectivity index (χ1v) is 7.51. The summed E-state index contributed by atoms with van der Waals surface area (Å²) in [5.74, 6) is 1.44. The van der Waals surface area contributed by atoms with Crippen LogP contribution in [0.2, 0.25) is 0 Å². The molecule has 3 heterocycles. The van der Waals surface area contributed by atoms with E-state index in [4.69, 9.17) is 9.37 Å². The number of benzene rings is 1. The molecule has 1 aliphatic rings. The average Bonchev–Trinajstić information content (AvgIpc) is 3.08. The van der Waals surface area contributed by atoms with Gasteiger partial charge < -0.3 is 15.0 Å². The molecule has 3 aromatic rings. The van der Waals surface area contributed by atoms with Crippen molar-refractivity contribution in [1.29, 1.82) is 0 Å². The van der Waals surface area contributed by atoms with Crippen molar-refractivity contribution in [3.05, 3.63) is 35.9 Å². The summed E-state index contributed by atoms with van der Waals surface area (Å²) in [6, 6.07) is 10.1. The molecule has 0 bridgehead atoms. The zero-order valence-electron chi connectivity index (χ0n) is 12.5. The topological polar surface area (TPSA) is 89.2 Å². The minimum absolute atomic E-state index is 0.401. The molecule has 0 radical (unpaired) electrons. The van der Waals surface area contributed by atoms with Gasteiger partial charge in [-0.3, -0.25) is 0 Å². The summed E-state index contributed by atoms with van der Waals surface area (Å²) in [5, 5.41) is 10.9. The quantitative estimate of drug-likeness (QED) is 0.774. The maximum atomic E-state index is 5.41. The number of nitrogens with one attached hydrogen (secondary N) is 1. The molecule has 8 nitrogen and oxygen atoms in total. The van der Waals surface area contributed by atoms with Gasteiger partial charge in [0.2, 0.25) is 11.3 Å². The zero-order valence-corrected chi connectivity index (χ0v) is 12.5. The van der Waals surface area contributed by atoms with Crippen LogP contribution < -0.4 is 10.2 Å². The van der Waals surface area contributed by atoms with Crippen molar-refractivity contribution in [1.82, 2.24) is 20.3 Å². The van der Waals surface area contributed by atoms with Crippen LogP contribution in [0.1, 0.15) is 5.56 Å². The second kappa shape index (κ2) is 6.17. The maximum Gasteiger partial charge on any atom is 0.245 e. The molecule has 0 atom stereocenters. The zero-order chi connectivity index (χ0) is 15.5. The van der Waals surface area contributed by atoms with E-state index in [1.54, 1.807) is 0 Å². The van der Waals surface area contributed by atoms with Crippen LogP contribution in [0.5, 0.6) is 0 Å². The van der Waals surface area contributed by atoms with E-state index >= 15 is 0 Å². The Bertz CT molecular complexity index is 785. The Hall–Kier alpha value is -2.74. The van der Waals surface area contributed by atoms with Gasteiger partial charge in [-0.15, -0.1) is 0 Å². The van der Waals surface area contributed by atoms with Gasteiger partial charge in [0.25, 0.3) is 0 Å². The van der Waals surface area contributed by atoms with Crippen LogP contribution in [0.25, 0.3) is 11.3 Å². The first kappa shape index (κ1) is 13.9. The molecule has 1 N–H and O–H groups in total. The second-order valence-corrected chi connectivity index (χ2v) is 5.25. The van der Waals surface area contributed by atoms with Gasteiger partial charge in [-0.2, -0.15) is 0 Å². The van der Waals surface area contributed by atoms with E-state index in [1.165, 1.54) is 5.56 Å². The molecule has 0 spiro atoms. The molecule has 0 unspecified atom stereocenters. The van der Waals surface area contributed by atoms with E-state index in [0.29, 0.717) is 36.9 Å². The number of aromatic nitrogens is 4. The van der Waals surface area contributed by atoms with Crippen LogP contribution >= 0.6 is 0 Å². The molecule has 0 saturated carbocycles. The van der Waals surface area contributed by atoms with Gasteiger partial charge in [0, 0.05) is 19.6 Å². The molecule has 1 saturated heterocycles. The molecule has 1 aliphatic heterocycles. The van der Waals surface area contributed by atoms with Gasteiger partial charge in [-0.25, -0.2) is 14.6 Å². The molecule has 23 heavy (non-hydrogen) atoms. The van der Waals surface area contributed by atoms with E-state index in [0.717, 1.165) is 18.9 Å². The number of nitrogens with zero attached hydrogens (tertiary/aromatic N) is 5. The average molecular weight is 312 g/mol. The van der Waals surface area contributed by atoms with Crippen molar-refractivity contribution in [2.75, 3.05) is 36.5 Å². The molecule has 1 fully saturated rings. The van der Waals surface area contributed by atoms with Crippen molar-refractivity contribution < 1.29 is 9.37 Å². The first-order chi connectivity index (χ1) is 11.4. The Morgan fingerprint density at radius 1 is 1.00 bits per heavy atom. The van der Waals surface area contributed by atoms with Crippen LogP contribution in [0.4, 0.5) is 11.6 Å². The number of rotatable bonds is 4. The Labute approximate surface area is 132 Å². The lowest BCUT2D eigenvalue weighted by Gasteiger charge is -2.28. The van der Waals surface area contributed by atoms with Gasteiger partial charge in [0.1, 0.15) is 0 Å². The first-order valence-electron chi connectivity index (χ1n) is 7.51. The van der Waals surface area contributed by atoms with Crippen LogP contribution in [0.15, 0.2) is 35.0 Å². The highest BCUT2D eigenvalue weighted by Crippen LogP contribution is 2.25. The molecule has 4 rings (SSSR count). The standard InChI is InChI=1S/C15H16N6O2/c1-2-4-11(5-3-1)10-16-14-15(21-6-8-22-9-7-21)18-13-12(17-14)19-23-20-13/h1-5H,6-10H2,(H,16,17,19). The Balaban J connectivity index is 1.65. The monoisotopic (exact) mass is 312 g/mol. The summed E-state index contributed by atoms with van der Waals surface area (Å²) in [5.41, 5.74) is 1.98. The van der Waals surface area contributed by atoms with Gasteiger partial charge in [0.15, 0.2) is 11.6 Å². The minimum atomic E-state index is 0.401. The summed E-state index contributed by atoms with van der Waals surface area (Å²) in [4.78, 5) is 11.2. The van der Waals surface area contributed by atoms with E-state index in [9.17, 15) is 0 Å². The lowest BCUT2D eigenvalue weighted by Crippen LogP contribution is -2.37. The van der Waals surface area contributed by atoms with Crippen LogP contribution in [-0.4, -0.2) is 46.6 Å². The van der Waals surface area contributed by atoms with Crippen LogP contribution in [0.3, 0.4) is 0 Å². The third kappa shape index (κ3) is 2.93. The predicted octanol–water partition coefficient (Wildman–Crippen LogP) is 1.46. The highest BCUT2D eigenvalue weighted by Gasteiger charge is 2.20. The SMILES string of the molecule is c1ccc(CNc2nc3nonc3nc2N2CCOCC2)cc1. The number of ether oxygens (including phenoxy) is 1. The van der Waals surface area contributed by atoms with Gasteiger partial charge in [-0.05, 0) is 15.9 Å². The van der Waals surface area contributed by atoms with Crippen molar-refractivity contribution in [3.63, 3.8) is 0 Å². The van der Waals surface area contributed by atoms with Crippen molar-refractivity contribution >= 4 is 22.9 Å². The van der Waals surface area contributed by atoms with Gasteiger partial charge in [0.05, 0.1) is 13.2 Å². The Morgan fingerprint density at radius 2 is 1.74 bits per heavy atom. The smallest absolute Gasteiger partial charge is 0.245 e. The fourth-order valence-electron chi connectivity index (χ4n) is 2.53. The van der Waals surface area contributed by atoms with Crippen molar-refractivity contribution in [2.45, 2.75) is 6.54 Å². The molecule has 118 valence electrons. The summed E-state index contributed by atoms with van der Waals surface area (Å²) in [6.07, 6.45) is 0. The second-order valence-electron chi connectivity index (χ2n) is 5.25. The van der Waals surface area contributed by atoms with Gasteiger partial charge >= 0.3 is 0 Å². The van der Waals surface area contributed by atoms with Crippen LogP contribution in [0, 0.1) is 0 Å². The molecular formula is C15H16N6O2. The minimum Gasteiger partial charge on any atom is -0.378 e. The normalized spacial score (nSPS) is 15.0. The van der Waals surface area contributed by atoms with Crippen molar-refractivity contribution in [3.8, 4) is 0 Å². The Morgan fingerprint density at radius 3 is 2.52 bits per heavy atom. The van der Waals surface area contributed by atoms with Crippen LogP contribution in [-0.2, 0) is 11.3 Å². The van der Waals surface area contributed by atoms with Gasteiger partial charge in [-0.1, -0.05) is 30.3 Å². The molecular weight excluding hydrogens is 296 g/mol.